The molecule has 0 heterocycles. The highest BCUT2D eigenvalue weighted by Crippen LogP contribution is 2.11. The third kappa shape index (κ3) is 4.90. The summed E-state index contributed by atoms with van der Waals surface area (Å²) in [7, 11) is 1.53. The zero-order chi connectivity index (χ0) is 12.7. The number of non-ortho nitro benzene ring substituents is 1. The number of rotatable bonds is 7. The van der Waals surface area contributed by atoms with Gasteiger partial charge in [0.2, 0.25) is 0 Å². The maximum atomic E-state index is 10.4. The summed E-state index contributed by atoms with van der Waals surface area (Å²) in [5.41, 5.74) is 1.01. The standard InChI is InChI=1S/C11H16N2O4/c1-17-8-11(14)7-12-6-9-2-4-10(5-3-9)13(15)16/h2-5,11-12,14H,6-8H2,1H3. The summed E-state index contributed by atoms with van der Waals surface area (Å²) in [6, 6.07) is 6.30. The molecule has 0 radical (unpaired) electrons. The van der Waals surface area contributed by atoms with Crippen LogP contribution in [-0.2, 0) is 11.3 Å². The van der Waals surface area contributed by atoms with E-state index in [1.165, 1.54) is 19.2 Å². The van der Waals surface area contributed by atoms with Gasteiger partial charge in [0.1, 0.15) is 0 Å². The lowest BCUT2D eigenvalue weighted by molar-refractivity contribution is -0.384. The topological polar surface area (TPSA) is 84.6 Å². The van der Waals surface area contributed by atoms with Crippen molar-refractivity contribution in [2.75, 3.05) is 20.3 Å². The van der Waals surface area contributed by atoms with Gasteiger partial charge in [-0.05, 0) is 5.56 Å². The van der Waals surface area contributed by atoms with E-state index in [4.69, 9.17) is 4.74 Å². The molecule has 1 rings (SSSR count). The number of hydrogen-bond acceptors (Lipinski definition) is 5. The zero-order valence-electron chi connectivity index (χ0n) is 9.63. The molecule has 0 saturated heterocycles. The van der Waals surface area contributed by atoms with Gasteiger partial charge in [-0.15, -0.1) is 0 Å². The Balaban J connectivity index is 2.34. The summed E-state index contributed by atoms with van der Waals surface area (Å²) in [6.07, 6.45) is -0.543. The van der Waals surface area contributed by atoms with Gasteiger partial charge in [-0.2, -0.15) is 0 Å². The van der Waals surface area contributed by atoms with Gasteiger partial charge in [-0.3, -0.25) is 10.1 Å². The van der Waals surface area contributed by atoms with Crippen LogP contribution >= 0.6 is 0 Å². The second kappa shape index (κ2) is 6.95. The second-order valence-corrected chi connectivity index (χ2v) is 3.66. The van der Waals surface area contributed by atoms with E-state index in [1.807, 2.05) is 0 Å². The predicted octanol–water partition coefficient (Wildman–Crippen LogP) is 0.692. The molecule has 2 N–H and O–H groups in total. The number of aliphatic hydroxyl groups excluding tert-OH is 1. The highest BCUT2D eigenvalue weighted by molar-refractivity contribution is 5.32. The average molecular weight is 240 g/mol. The highest BCUT2D eigenvalue weighted by Gasteiger charge is 2.05. The molecule has 0 saturated carbocycles. The maximum Gasteiger partial charge on any atom is 0.269 e. The Morgan fingerprint density at radius 2 is 2.12 bits per heavy atom. The molecule has 0 aromatic heterocycles. The molecule has 6 nitrogen and oxygen atoms in total. The molecule has 0 fully saturated rings. The van der Waals surface area contributed by atoms with Crippen molar-refractivity contribution in [2.24, 2.45) is 0 Å². The van der Waals surface area contributed by atoms with Gasteiger partial charge < -0.3 is 15.2 Å². The van der Waals surface area contributed by atoms with Crippen molar-refractivity contribution in [1.82, 2.24) is 5.32 Å². The molecule has 0 amide bonds. The quantitative estimate of drug-likeness (QED) is 0.541. The number of nitro groups is 1. The molecule has 0 bridgehead atoms. The lowest BCUT2D eigenvalue weighted by atomic mass is 10.2. The minimum Gasteiger partial charge on any atom is -0.389 e. The summed E-state index contributed by atoms with van der Waals surface area (Å²) in [5.74, 6) is 0. The Labute approximate surface area is 99.4 Å². The third-order valence-electron chi connectivity index (χ3n) is 2.22. The Hall–Kier alpha value is -1.50. The van der Waals surface area contributed by atoms with Crippen LogP contribution < -0.4 is 5.32 Å². The van der Waals surface area contributed by atoms with Gasteiger partial charge >= 0.3 is 0 Å². The first-order valence-electron chi connectivity index (χ1n) is 5.24. The fourth-order valence-electron chi connectivity index (χ4n) is 1.37. The largest absolute Gasteiger partial charge is 0.389 e. The Kier molecular flexibility index (Phi) is 5.55. The molecule has 94 valence electrons. The van der Waals surface area contributed by atoms with Crippen LogP contribution in [0.5, 0.6) is 0 Å². The van der Waals surface area contributed by atoms with E-state index < -0.39 is 11.0 Å². The molecule has 0 spiro atoms. The number of benzene rings is 1. The first-order chi connectivity index (χ1) is 8.13. The van der Waals surface area contributed by atoms with Crippen molar-refractivity contribution in [3.05, 3.63) is 39.9 Å². The van der Waals surface area contributed by atoms with Crippen LogP contribution in [0.15, 0.2) is 24.3 Å². The van der Waals surface area contributed by atoms with Crippen molar-refractivity contribution in [3.8, 4) is 0 Å². The number of nitrogens with one attached hydrogen (secondary N) is 1. The lowest BCUT2D eigenvalue weighted by Gasteiger charge is -2.10. The molecule has 17 heavy (non-hydrogen) atoms. The van der Waals surface area contributed by atoms with Crippen LogP contribution in [0.25, 0.3) is 0 Å². The van der Waals surface area contributed by atoms with E-state index in [-0.39, 0.29) is 12.3 Å². The Morgan fingerprint density at radius 1 is 1.47 bits per heavy atom. The molecular weight excluding hydrogens is 224 g/mol. The summed E-state index contributed by atoms with van der Waals surface area (Å²) in [6.45, 7) is 1.26. The van der Waals surface area contributed by atoms with Gasteiger partial charge in [0.05, 0.1) is 17.6 Å². The smallest absolute Gasteiger partial charge is 0.269 e. The van der Waals surface area contributed by atoms with Gasteiger partial charge in [-0.25, -0.2) is 0 Å². The minimum atomic E-state index is -0.543. The Morgan fingerprint density at radius 3 is 2.65 bits per heavy atom. The minimum absolute atomic E-state index is 0.0770. The summed E-state index contributed by atoms with van der Waals surface area (Å²) < 4.78 is 4.78. The van der Waals surface area contributed by atoms with Gasteiger partial charge in [-0.1, -0.05) is 12.1 Å². The van der Waals surface area contributed by atoms with E-state index in [2.05, 4.69) is 5.32 Å². The summed E-state index contributed by atoms with van der Waals surface area (Å²) >= 11 is 0. The van der Waals surface area contributed by atoms with Crippen molar-refractivity contribution >= 4 is 5.69 Å². The number of nitrogens with zero attached hydrogens (tertiary/aromatic N) is 1. The molecule has 0 aliphatic heterocycles. The average Bonchev–Trinajstić information content (AvgIpc) is 2.30. The molecule has 1 atom stereocenters. The highest BCUT2D eigenvalue weighted by atomic mass is 16.6. The summed E-state index contributed by atoms with van der Waals surface area (Å²) in [5, 5.41) is 22.8. The van der Waals surface area contributed by atoms with E-state index in [0.29, 0.717) is 13.1 Å². The first-order valence-corrected chi connectivity index (χ1v) is 5.24. The fourth-order valence-corrected chi connectivity index (χ4v) is 1.37. The van der Waals surface area contributed by atoms with Crippen molar-refractivity contribution in [2.45, 2.75) is 12.6 Å². The fraction of sp³-hybridized carbons (Fsp3) is 0.455. The maximum absolute atomic E-state index is 10.4. The number of ether oxygens (including phenoxy) is 1. The van der Waals surface area contributed by atoms with E-state index in [0.717, 1.165) is 5.56 Å². The number of aliphatic hydroxyl groups is 1. The van der Waals surface area contributed by atoms with Crippen molar-refractivity contribution in [3.63, 3.8) is 0 Å². The summed E-state index contributed by atoms with van der Waals surface area (Å²) in [4.78, 5) is 10.00. The van der Waals surface area contributed by atoms with Crippen LogP contribution in [-0.4, -0.2) is 36.4 Å². The zero-order valence-corrected chi connectivity index (χ0v) is 9.63. The van der Waals surface area contributed by atoms with E-state index >= 15 is 0 Å². The van der Waals surface area contributed by atoms with Gasteiger partial charge in [0.15, 0.2) is 0 Å². The number of nitro benzene ring substituents is 1. The first kappa shape index (κ1) is 13.6. The van der Waals surface area contributed by atoms with Crippen LogP contribution in [0.2, 0.25) is 0 Å². The van der Waals surface area contributed by atoms with Crippen molar-refractivity contribution < 1.29 is 14.8 Å². The number of methoxy groups -OCH3 is 1. The predicted molar refractivity (Wildman–Crippen MR) is 62.7 cm³/mol. The lowest BCUT2D eigenvalue weighted by Crippen LogP contribution is -2.29. The van der Waals surface area contributed by atoms with Crippen LogP contribution in [0.1, 0.15) is 5.56 Å². The molecule has 1 unspecified atom stereocenters. The van der Waals surface area contributed by atoms with Crippen molar-refractivity contribution in [1.29, 1.82) is 0 Å². The second-order valence-electron chi connectivity index (χ2n) is 3.66. The SMILES string of the molecule is COCC(O)CNCc1ccc([N+](=O)[O-])cc1. The van der Waals surface area contributed by atoms with Crippen LogP contribution in [0, 0.1) is 10.1 Å². The van der Waals surface area contributed by atoms with Crippen LogP contribution in [0.4, 0.5) is 5.69 Å². The monoisotopic (exact) mass is 240 g/mol. The van der Waals surface area contributed by atoms with E-state index in [1.54, 1.807) is 12.1 Å². The van der Waals surface area contributed by atoms with Gasteiger partial charge in [0.25, 0.3) is 5.69 Å². The molecule has 0 aliphatic carbocycles. The third-order valence-corrected chi connectivity index (χ3v) is 2.22. The van der Waals surface area contributed by atoms with Gasteiger partial charge in [0, 0.05) is 32.3 Å². The van der Waals surface area contributed by atoms with E-state index in [9.17, 15) is 15.2 Å². The number of hydrogen-bond donors (Lipinski definition) is 2. The van der Waals surface area contributed by atoms with Crippen LogP contribution in [0.3, 0.4) is 0 Å². The molecule has 1 aromatic carbocycles. The molecule has 1 aromatic rings. The normalized spacial score (nSPS) is 12.4. The molecular formula is C11H16N2O4. The molecule has 0 aliphatic rings. The molecule has 6 heteroatoms. The Bertz CT molecular complexity index is 353.